The summed E-state index contributed by atoms with van der Waals surface area (Å²) in [5, 5.41) is 2.17. The van der Waals surface area contributed by atoms with Crippen LogP contribution in [-0.2, 0) is 4.43 Å². The molecule has 0 atom stereocenters. The van der Waals surface area contributed by atoms with Crippen LogP contribution in [0.15, 0.2) is 17.5 Å². The van der Waals surface area contributed by atoms with Gasteiger partial charge in [0.1, 0.15) is 0 Å². The minimum Gasteiger partial charge on any atom is -0.415 e. The summed E-state index contributed by atoms with van der Waals surface area (Å²) < 4.78 is 7.34. The summed E-state index contributed by atoms with van der Waals surface area (Å²) in [6.45, 7) is 0. The fourth-order valence-electron chi connectivity index (χ4n) is 2.04. The Morgan fingerprint density at radius 3 is 2.67 bits per heavy atom. The Labute approximate surface area is 78.5 Å². The molecule has 1 aromatic heterocycles. The van der Waals surface area contributed by atoms with Crippen LogP contribution in [0.3, 0.4) is 0 Å². The smallest absolute Gasteiger partial charge is 0.233 e. The Morgan fingerprint density at radius 2 is 2.17 bits per heavy atom. The van der Waals surface area contributed by atoms with E-state index in [1.54, 1.807) is 4.50 Å². The van der Waals surface area contributed by atoms with Crippen LogP contribution in [0.4, 0.5) is 0 Å². The molecule has 0 aliphatic carbocycles. The average Bonchev–Trinajstić information content (AvgIpc) is 2.76. The molecule has 0 unspecified atom stereocenters. The van der Waals surface area contributed by atoms with Crippen molar-refractivity contribution in [3.05, 3.63) is 17.5 Å². The molecule has 1 aliphatic rings. The number of hydrogen-bond donors (Lipinski definition) is 0. The highest BCUT2D eigenvalue weighted by Crippen LogP contribution is 2.31. The summed E-state index contributed by atoms with van der Waals surface area (Å²) in [7, 11) is 0.488. The molecule has 0 amide bonds. The second kappa shape index (κ2) is 3.32. The van der Waals surface area contributed by atoms with Gasteiger partial charge < -0.3 is 4.43 Å². The first-order valence-corrected chi connectivity index (χ1v) is 7.67. The molecule has 0 aromatic carbocycles. The van der Waals surface area contributed by atoms with Gasteiger partial charge in [-0.2, -0.15) is 11.3 Å². The lowest BCUT2D eigenvalue weighted by atomic mass is 10.4. The molecule has 2 rings (SSSR count). The van der Waals surface area contributed by atoms with Crippen LogP contribution in [0.1, 0.15) is 12.8 Å². The largest absolute Gasteiger partial charge is 0.415 e. The molecule has 1 aliphatic heterocycles. The summed E-state index contributed by atoms with van der Waals surface area (Å²) in [5.41, 5.74) is 0. The van der Waals surface area contributed by atoms with Crippen molar-refractivity contribution in [2.75, 3.05) is 7.11 Å². The number of thiophene rings is 1. The van der Waals surface area contributed by atoms with Gasteiger partial charge in [0.05, 0.1) is 0 Å². The first-order valence-electron chi connectivity index (χ1n) is 4.46. The summed E-state index contributed by atoms with van der Waals surface area (Å²) >= 11 is 1.88. The minimum absolute atomic E-state index is 1.34. The maximum Gasteiger partial charge on any atom is 0.233 e. The number of rotatable bonds is 2. The van der Waals surface area contributed by atoms with Gasteiger partial charge in [-0.3, -0.25) is 0 Å². The van der Waals surface area contributed by atoms with Gasteiger partial charge >= 0.3 is 0 Å². The van der Waals surface area contributed by atoms with Crippen LogP contribution in [0, 0.1) is 0 Å². The monoisotopic (exact) mass is 198 g/mol. The molecule has 0 radical (unpaired) electrons. The normalized spacial score (nSPS) is 21.4. The molecule has 12 heavy (non-hydrogen) atoms. The van der Waals surface area contributed by atoms with Crippen LogP contribution >= 0.6 is 11.3 Å². The molecular weight excluding hydrogens is 184 g/mol. The van der Waals surface area contributed by atoms with E-state index >= 15 is 0 Å². The lowest BCUT2D eigenvalue weighted by Gasteiger charge is -2.22. The predicted octanol–water partition coefficient (Wildman–Crippen LogP) is 2.34. The van der Waals surface area contributed by atoms with Crippen molar-refractivity contribution in [2.45, 2.75) is 24.9 Å². The summed E-state index contributed by atoms with van der Waals surface area (Å²) in [4.78, 5) is 0. The van der Waals surface area contributed by atoms with Crippen LogP contribution in [0.5, 0.6) is 0 Å². The molecule has 0 saturated carbocycles. The van der Waals surface area contributed by atoms with E-state index in [9.17, 15) is 0 Å². The van der Waals surface area contributed by atoms with Gasteiger partial charge in [0.15, 0.2) is 0 Å². The van der Waals surface area contributed by atoms with Crippen molar-refractivity contribution >= 4 is 24.2 Å². The molecule has 3 heteroatoms. The molecule has 1 saturated heterocycles. The highest BCUT2D eigenvalue weighted by atomic mass is 32.1. The van der Waals surface area contributed by atoms with Crippen molar-refractivity contribution in [2.24, 2.45) is 0 Å². The Morgan fingerprint density at radius 1 is 1.42 bits per heavy atom. The third-order valence-corrected chi connectivity index (χ3v) is 9.09. The average molecular weight is 198 g/mol. The van der Waals surface area contributed by atoms with E-state index in [0.29, 0.717) is 0 Å². The molecule has 66 valence electrons. The Hall–Kier alpha value is -0.123. The molecule has 0 bridgehead atoms. The molecule has 0 spiro atoms. The fraction of sp³-hybridized carbons (Fsp3) is 0.556. The zero-order chi connectivity index (χ0) is 8.44. The topological polar surface area (TPSA) is 9.23 Å². The van der Waals surface area contributed by atoms with Crippen molar-refractivity contribution in [3.63, 3.8) is 0 Å². The highest BCUT2D eigenvalue weighted by molar-refractivity contribution is 7.24. The maximum absolute atomic E-state index is 5.79. The van der Waals surface area contributed by atoms with Crippen molar-refractivity contribution < 1.29 is 4.43 Å². The Kier molecular flexibility index (Phi) is 2.34. The van der Waals surface area contributed by atoms with Crippen molar-refractivity contribution in [3.8, 4) is 0 Å². The molecular formula is C9H14OSSi. The van der Waals surface area contributed by atoms with Gasteiger partial charge in [-0.15, -0.1) is 0 Å². The molecule has 2 heterocycles. The van der Waals surface area contributed by atoms with Gasteiger partial charge in [-0.25, -0.2) is 0 Å². The summed E-state index contributed by atoms with van der Waals surface area (Å²) in [6.07, 6.45) is 2.75. The van der Waals surface area contributed by atoms with Gasteiger partial charge in [0, 0.05) is 11.6 Å². The van der Waals surface area contributed by atoms with Gasteiger partial charge in [-0.1, -0.05) is 18.9 Å². The van der Waals surface area contributed by atoms with E-state index in [1.807, 2.05) is 18.4 Å². The lowest BCUT2D eigenvalue weighted by molar-refractivity contribution is 0.410. The summed E-state index contributed by atoms with van der Waals surface area (Å²) in [5.74, 6) is 0. The standard InChI is InChI=1S/C9H14OSSi/c1-10-12(7-2-3-8-12)9-5-4-6-11-9/h4-6H,2-3,7-8H2,1H3. The predicted molar refractivity (Wildman–Crippen MR) is 55.6 cm³/mol. The number of hydrogen-bond acceptors (Lipinski definition) is 2. The lowest BCUT2D eigenvalue weighted by Crippen LogP contribution is -2.45. The minimum atomic E-state index is -1.41. The van der Waals surface area contributed by atoms with Crippen molar-refractivity contribution in [1.82, 2.24) is 0 Å². The first-order chi connectivity index (χ1) is 5.87. The van der Waals surface area contributed by atoms with Crippen molar-refractivity contribution in [1.29, 1.82) is 0 Å². The third kappa shape index (κ3) is 1.26. The van der Waals surface area contributed by atoms with E-state index in [0.717, 1.165) is 0 Å². The fourth-order valence-corrected chi connectivity index (χ4v) is 7.82. The van der Waals surface area contributed by atoms with Gasteiger partial charge in [-0.05, 0) is 23.5 Å². The van der Waals surface area contributed by atoms with Crippen LogP contribution in [0.2, 0.25) is 12.1 Å². The Balaban J connectivity index is 2.28. The van der Waals surface area contributed by atoms with Gasteiger partial charge in [0.2, 0.25) is 8.32 Å². The summed E-state index contributed by atoms with van der Waals surface area (Å²) in [6, 6.07) is 7.08. The second-order valence-electron chi connectivity index (χ2n) is 3.38. The molecule has 1 fully saturated rings. The van der Waals surface area contributed by atoms with E-state index in [1.165, 1.54) is 24.9 Å². The third-order valence-electron chi connectivity index (χ3n) is 2.77. The zero-order valence-electron chi connectivity index (χ0n) is 7.38. The Bertz CT molecular complexity index is 239. The zero-order valence-corrected chi connectivity index (χ0v) is 9.19. The first kappa shape index (κ1) is 8.47. The van der Waals surface area contributed by atoms with E-state index in [-0.39, 0.29) is 0 Å². The maximum atomic E-state index is 5.79. The highest BCUT2D eigenvalue weighted by Gasteiger charge is 2.40. The quantitative estimate of drug-likeness (QED) is 0.663. The molecule has 1 nitrogen and oxygen atoms in total. The van der Waals surface area contributed by atoms with Crippen LogP contribution < -0.4 is 4.50 Å². The molecule has 0 N–H and O–H groups in total. The molecule has 1 aromatic rings. The van der Waals surface area contributed by atoms with Crippen LogP contribution in [-0.4, -0.2) is 15.4 Å². The van der Waals surface area contributed by atoms with Gasteiger partial charge in [0.25, 0.3) is 0 Å². The second-order valence-corrected chi connectivity index (χ2v) is 8.63. The van der Waals surface area contributed by atoms with E-state index < -0.39 is 8.32 Å². The SMILES string of the molecule is CO[Si]1(c2cccs2)CCCC1. The van der Waals surface area contributed by atoms with Crippen LogP contribution in [0.25, 0.3) is 0 Å². The van der Waals surface area contributed by atoms with E-state index in [2.05, 4.69) is 17.5 Å². The van der Waals surface area contributed by atoms with E-state index in [4.69, 9.17) is 4.43 Å².